The summed E-state index contributed by atoms with van der Waals surface area (Å²) in [6.45, 7) is 4.54. The van der Waals surface area contributed by atoms with Crippen molar-refractivity contribution in [1.29, 1.82) is 0 Å². The third-order valence-electron chi connectivity index (χ3n) is 5.91. The van der Waals surface area contributed by atoms with Gasteiger partial charge in [0.15, 0.2) is 0 Å². The molecule has 2 atom stereocenters. The van der Waals surface area contributed by atoms with Gasteiger partial charge >= 0.3 is 0 Å². The molecule has 4 nitrogen and oxygen atoms in total. The second-order valence-corrected chi connectivity index (χ2v) is 8.19. The molecule has 2 unspecified atom stereocenters. The predicted octanol–water partition coefficient (Wildman–Crippen LogP) is 3.48. The summed E-state index contributed by atoms with van der Waals surface area (Å²) >= 11 is 12.3. The molecule has 1 aromatic rings. The van der Waals surface area contributed by atoms with E-state index in [9.17, 15) is 4.79 Å². The molecule has 0 spiro atoms. The maximum absolute atomic E-state index is 12.8. The van der Waals surface area contributed by atoms with Crippen LogP contribution < -0.4 is 10.6 Å². The van der Waals surface area contributed by atoms with Crippen LogP contribution in [-0.4, -0.2) is 29.6 Å². The van der Waals surface area contributed by atoms with E-state index in [1.165, 1.54) is 12.8 Å². The molecular formula is C18H23Cl2N3O. The second-order valence-electron chi connectivity index (χ2n) is 7.37. The van der Waals surface area contributed by atoms with Crippen LogP contribution in [0.15, 0.2) is 12.1 Å². The van der Waals surface area contributed by atoms with Gasteiger partial charge in [-0.2, -0.15) is 0 Å². The molecule has 1 saturated heterocycles. The topological polar surface area (TPSA) is 44.4 Å². The Hall–Kier alpha value is -0.810. The van der Waals surface area contributed by atoms with Crippen molar-refractivity contribution in [2.45, 2.75) is 50.7 Å². The minimum absolute atomic E-state index is 0.0637. The Labute approximate surface area is 152 Å². The van der Waals surface area contributed by atoms with Gasteiger partial charge in [0, 0.05) is 31.7 Å². The number of hydrogen-bond acceptors (Lipinski definition) is 3. The second kappa shape index (κ2) is 6.17. The Morgan fingerprint density at radius 1 is 1.33 bits per heavy atom. The van der Waals surface area contributed by atoms with E-state index in [-0.39, 0.29) is 17.5 Å². The SMILES string of the molecule is CC1c2cc(Cl)c(Cl)cc2CN1C(=O)CCC1(C2CC2)CNCN1. The summed E-state index contributed by atoms with van der Waals surface area (Å²) in [6, 6.07) is 3.87. The van der Waals surface area contributed by atoms with Gasteiger partial charge < -0.3 is 10.2 Å². The van der Waals surface area contributed by atoms with Crippen LogP contribution in [0.25, 0.3) is 0 Å². The number of nitrogens with zero attached hydrogens (tertiary/aromatic N) is 1. The van der Waals surface area contributed by atoms with Crippen LogP contribution in [0.4, 0.5) is 0 Å². The predicted molar refractivity (Wildman–Crippen MR) is 96.1 cm³/mol. The van der Waals surface area contributed by atoms with E-state index in [2.05, 4.69) is 17.6 Å². The lowest BCUT2D eigenvalue weighted by Gasteiger charge is -2.30. The third kappa shape index (κ3) is 2.84. The fourth-order valence-electron chi connectivity index (χ4n) is 4.29. The number of nitrogens with one attached hydrogen (secondary N) is 2. The van der Waals surface area contributed by atoms with Gasteiger partial charge in [-0.05, 0) is 55.4 Å². The van der Waals surface area contributed by atoms with Crippen LogP contribution >= 0.6 is 23.2 Å². The van der Waals surface area contributed by atoms with Crippen molar-refractivity contribution in [3.63, 3.8) is 0 Å². The van der Waals surface area contributed by atoms with Crippen molar-refractivity contribution in [2.24, 2.45) is 5.92 Å². The van der Waals surface area contributed by atoms with Crippen molar-refractivity contribution in [1.82, 2.24) is 15.5 Å². The minimum Gasteiger partial charge on any atom is -0.332 e. The fraction of sp³-hybridized carbons (Fsp3) is 0.611. The summed E-state index contributed by atoms with van der Waals surface area (Å²) in [5.41, 5.74) is 2.36. The normalized spacial score (nSPS) is 29.1. The molecule has 2 aliphatic heterocycles. The minimum atomic E-state index is 0.0637. The number of fused-ring (bicyclic) bond motifs is 1. The van der Waals surface area contributed by atoms with Crippen LogP contribution in [-0.2, 0) is 11.3 Å². The largest absolute Gasteiger partial charge is 0.332 e. The summed E-state index contributed by atoms with van der Waals surface area (Å²) in [7, 11) is 0. The van der Waals surface area contributed by atoms with Crippen LogP contribution in [0.1, 0.15) is 49.8 Å². The molecule has 2 fully saturated rings. The number of rotatable bonds is 4. The first-order valence-electron chi connectivity index (χ1n) is 8.73. The molecule has 2 heterocycles. The molecular weight excluding hydrogens is 345 g/mol. The highest BCUT2D eigenvalue weighted by molar-refractivity contribution is 6.42. The van der Waals surface area contributed by atoms with Crippen molar-refractivity contribution >= 4 is 29.1 Å². The van der Waals surface area contributed by atoms with Gasteiger partial charge in [-0.25, -0.2) is 0 Å². The third-order valence-corrected chi connectivity index (χ3v) is 6.63. The molecule has 0 radical (unpaired) electrons. The molecule has 4 rings (SSSR count). The van der Waals surface area contributed by atoms with Gasteiger partial charge in [-0.15, -0.1) is 0 Å². The standard InChI is InChI=1S/C18H23Cl2N3O/c1-11-14-7-16(20)15(19)6-12(14)8-23(11)17(24)4-5-18(13-2-3-13)9-21-10-22-18/h6-7,11,13,21-22H,2-5,8-10H2,1H3. The summed E-state index contributed by atoms with van der Waals surface area (Å²) in [4.78, 5) is 14.8. The molecule has 6 heteroatoms. The van der Waals surface area contributed by atoms with Crippen LogP contribution in [0, 0.1) is 5.92 Å². The highest BCUT2D eigenvalue weighted by Gasteiger charge is 2.47. The molecule has 3 aliphatic rings. The number of halogens is 2. The molecule has 0 bridgehead atoms. The van der Waals surface area contributed by atoms with Crippen LogP contribution in [0.5, 0.6) is 0 Å². The lowest BCUT2D eigenvalue weighted by atomic mass is 9.88. The summed E-state index contributed by atoms with van der Waals surface area (Å²) in [6.07, 6.45) is 4.06. The summed E-state index contributed by atoms with van der Waals surface area (Å²) in [5.74, 6) is 0.950. The zero-order chi connectivity index (χ0) is 16.9. The van der Waals surface area contributed by atoms with E-state index in [1.807, 2.05) is 17.0 Å². The van der Waals surface area contributed by atoms with E-state index in [0.717, 1.165) is 36.7 Å². The number of carbonyl (C=O) groups is 1. The number of amides is 1. The van der Waals surface area contributed by atoms with Gasteiger partial charge in [-0.1, -0.05) is 23.2 Å². The zero-order valence-corrected chi connectivity index (χ0v) is 15.4. The Morgan fingerprint density at radius 3 is 2.75 bits per heavy atom. The average Bonchev–Trinajstić information content (AvgIpc) is 3.24. The van der Waals surface area contributed by atoms with E-state index >= 15 is 0 Å². The Morgan fingerprint density at radius 2 is 2.08 bits per heavy atom. The first-order valence-corrected chi connectivity index (χ1v) is 9.49. The first kappa shape index (κ1) is 16.6. The number of hydrogen-bond donors (Lipinski definition) is 2. The number of benzene rings is 1. The van der Waals surface area contributed by atoms with Gasteiger partial charge in [0.1, 0.15) is 0 Å². The Bertz CT molecular complexity index is 668. The fourth-order valence-corrected chi connectivity index (χ4v) is 4.65. The van der Waals surface area contributed by atoms with Crippen molar-refractivity contribution in [3.8, 4) is 0 Å². The summed E-state index contributed by atoms with van der Waals surface area (Å²) < 4.78 is 0. The maximum atomic E-state index is 12.8. The molecule has 1 saturated carbocycles. The average molecular weight is 368 g/mol. The smallest absolute Gasteiger partial charge is 0.223 e. The monoisotopic (exact) mass is 367 g/mol. The highest BCUT2D eigenvalue weighted by atomic mass is 35.5. The van der Waals surface area contributed by atoms with Crippen LogP contribution in [0.2, 0.25) is 10.0 Å². The van der Waals surface area contributed by atoms with Gasteiger partial charge in [-0.3, -0.25) is 10.1 Å². The van der Waals surface area contributed by atoms with Crippen molar-refractivity contribution < 1.29 is 4.79 Å². The molecule has 1 aromatic carbocycles. The van der Waals surface area contributed by atoms with Crippen LogP contribution in [0.3, 0.4) is 0 Å². The van der Waals surface area contributed by atoms with E-state index in [0.29, 0.717) is 23.0 Å². The van der Waals surface area contributed by atoms with Crippen molar-refractivity contribution in [2.75, 3.05) is 13.2 Å². The molecule has 24 heavy (non-hydrogen) atoms. The zero-order valence-electron chi connectivity index (χ0n) is 13.9. The lowest BCUT2D eigenvalue weighted by Crippen LogP contribution is -2.46. The van der Waals surface area contributed by atoms with Crippen molar-refractivity contribution in [3.05, 3.63) is 33.3 Å². The maximum Gasteiger partial charge on any atom is 0.223 e. The van der Waals surface area contributed by atoms with E-state index in [1.54, 1.807) is 0 Å². The molecule has 0 aromatic heterocycles. The molecule has 2 N–H and O–H groups in total. The van der Waals surface area contributed by atoms with E-state index < -0.39 is 0 Å². The van der Waals surface area contributed by atoms with Gasteiger partial charge in [0.2, 0.25) is 5.91 Å². The van der Waals surface area contributed by atoms with E-state index in [4.69, 9.17) is 23.2 Å². The molecule has 1 amide bonds. The number of carbonyl (C=O) groups excluding carboxylic acids is 1. The Kier molecular flexibility index (Phi) is 4.28. The Balaban J connectivity index is 1.44. The lowest BCUT2D eigenvalue weighted by molar-refractivity contribution is -0.133. The van der Waals surface area contributed by atoms with Gasteiger partial charge in [0.05, 0.1) is 16.1 Å². The molecule has 130 valence electrons. The quantitative estimate of drug-likeness (QED) is 0.855. The highest BCUT2D eigenvalue weighted by Crippen LogP contribution is 2.44. The summed E-state index contributed by atoms with van der Waals surface area (Å²) in [5, 5.41) is 8.12. The van der Waals surface area contributed by atoms with Gasteiger partial charge in [0.25, 0.3) is 0 Å². The first-order chi connectivity index (χ1) is 11.5. The molecule has 1 aliphatic carbocycles.